The van der Waals surface area contributed by atoms with Gasteiger partial charge < -0.3 is 9.88 Å². The third-order valence-corrected chi connectivity index (χ3v) is 8.34. The van der Waals surface area contributed by atoms with E-state index in [9.17, 15) is 9.59 Å². The topological polar surface area (TPSA) is 139 Å². The highest BCUT2D eigenvalue weighted by atomic mass is 32.1. The Morgan fingerprint density at radius 1 is 1.16 bits per heavy atom. The highest BCUT2D eigenvalue weighted by molar-refractivity contribution is 7.10. The summed E-state index contributed by atoms with van der Waals surface area (Å²) in [4.78, 5) is 38.5. The molecule has 0 bridgehead atoms. The fourth-order valence-electron chi connectivity index (χ4n) is 4.69. The first-order valence-corrected chi connectivity index (χ1v) is 11.4. The number of nitrogens with zero attached hydrogens (tertiary/aromatic N) is 5. The molecule has 9 nitrogen and oxygen atoms in total. The molecule has 2 fully saturated rings. The number of likely N-dealkylation sites (tertiary alicyclic amines) is 1. The summed E-state index contributed by atoms with van der Waals surface area (Å²) in [6, 6.07) is 3.63. The number of aromatic nitrogens is 3. The maximum Gasteiger partial charge on any atom is 0.277 e. The zero-order valence-electron chi connectivity index (χ0n) is 18.5. The molecule has 4 rings (SSSR count). The van der Waals surface area contributed by atoms with Crippen LogP contribution in [0.4, 0.5) is 5.95 Å². The summed E-state index contributed by atoms with van der Waals surface area (Å²) in [5.41, 5.74) is 0.267. The maximum absolute atomic E-state index is 13.0. The highest BCUT2D eigenvalue weighted by Crippen LogP contribution is 2.68. The van der Waals surface area contributed by atoms with E-state index in [0.717, 1.165) is 17.8 Å². The second-order valence-corrected chi connectivity index (χ2v) is 10.4. The largest absolute Gasteiger partial charge is 0.342 e. The number of amides is 2. The molecule has 2 aromatic rings. The van der Waals surface area contributed by atoms with Gasteiger partial charge in [0.15, 0.2) is 11.4 Å². The summed E-state index contributed by atoms with van der Waals surface area (Å²) in [6.45, 7) is 10.1. The lowest BCUT2D eigenvalue weighted by Crippen LogP contribution is -2.39. The zero-order chi connectivity index (χ0) is 23.3. The number of carbonyl (C=O) groups excluding carboxylic acids is 2. The molecule has 2 amide bonds. The van der Waals surface area contributed by atoms with E-state index >= 15 is 0 Å². The molecule has 32 heavy (non-hydrogen) atoms. The van der Waals surface area contributed by atoms with Crippen molar-refractivity contribution in [2.75, 3.05) is 18.4 Å². The number of nitriles is 2. The van der Waals surface area contributed by atoms with Gasteiger partial charge in [-0.1, -0.05) is 27.7 Å². The lowest BCUT2D eigenvalue weighted by molar-refractivity contribution is -0.134. The lowest BCUT2D eigenvalue weighted by Gasteiger charge is -2.31. The molecule has 3 heterocycles. The monoisotopic (exact) mass is 451 g/mol. The van der Waals surface area contributed by atoms with Gasteiger partial charge in [0.2, 0.25) is 11.9 Å². The van der Waals surface area contributed by atoms with E-state index in [4.69, 9.17) is 10.5 Å². The lowest BCUT2D eigenvalue weighted by atomic mass is 9.96. The normalized spacial score (nSPS) is 19.8. The maximum atomic E-state index is 13.0. The molecule has 2 aromatic heterocycles. The number of thiazole rings is 1. The summed E-state index contributed by atoms with van der Waals surface area (Å²) in [7, 11) is 0. The minimum absolute atomic E-state index is 0.000969. The fraction of sp³-hybridized carbons (Fsp3) is 0.545. The van der Waals surface area contributed by atoms with Gasteiger partial charge in [-0.15, -0.1) is 11.3 Å². The van der Waals surface area contributed by atoms with Crippen molar-refractivity contribution in [2.24, 2.45) is 16.7 Å². The molecule has 0 radical (unpaired) electrons. The Hall–Kier alpha value is -3.24. The van der Waals surface area contributed by atoms with E-state index in [1.165, 1.54) is 11.3 Å². The molecule has 0 atom stereocenters. The van der Waals surface area contributed by atoms with Crippen molar-refractivity contribution in [1.29, 1.82) is 10.5 Å². The molecule has 1 saturated heterocycles. The number of H-pyrrole nitrogens is 1. The molecule has 0 unspecified atom stereocenters. The van der Waals surface area contributed by atoms with E-state index in [2.05, 4.69) is 48.0 Å². The molecular weight excluding hydrogens is 426 g/mol. The van der Waals surface area contributed by atoms with Crippen LogP contribution in [0.3, 0.4) is 0 Å². The van der Waals surface area contributed by atoms with Crippen LogP contribution in [0, 0.1) is 39.4 Å². The van der Waals surface area contributed by atoms with Crippen LogP contribution in [-0.4, -0.2) is 44.8 Å². The summed E-state index contributed by atoms with van der Waals surface area (Å²) >= 11 is 1.43. The number of anilines is 1. The molecule has 166 valence electrons. The number of hydrogen-bond acceptors (Lipinski definition) is 7. The van der Waals surface area contributed by atoms with Gasteiger partial charge >= 0.3 is 0 Å². The quantitative estimate of drug-likeness (QED) is 0.731. The first kappa shape index (κ1) is 22.0. The van der Waals surface area contributed by atoms with Crippen LogP contribution < -0.4 is 5.32 Å². The van der Waals surface area contributed by atoms with Crippen molar-refractivity contribution in [1.82, 2.24) is 19.9 Å². The number of hydrogen-bond donors (Lipinski definition) is 2. The van der Waals surface area contributed by atoms with E-state index < -0.39 is 5.91 Å². The third-order valence-electron chi connectivity index (χ3n) is 7.33. The number of piperidine rings is 1. The van der Waals surface area contributed by atoms with Gasteiger partial charge in [-0.05, 0) is 23.7 Å². The van der Waals surface area contributed by atoms with Gasteiger partial charge in [-0.3, -0.25) is 14.9 Å². The van der Waals surface area contributed by atoms with Crippen LogP contribution in [0.1, 0.15) is 73.3 Å². The van der Waals surface area contributed by atoms with Crippen LogP contribution in [0.25, 0.3) is 0 Å². The Kier molecular flexibility index (Phi) is 5.30. The van der Waals surface area contributed by atoms with Crippen molar-refractivity contribution < 1.29 is 9.59 Å². The molecule has 2 aliphatic rings. The van der Waals surface area contributed by atoms with E-state index in [1.807, 2.05) is 11.0 Å². The smallest absolute Gasteiger partial charge is 0.277 e. The van der Waals surface area contributed by atoms with Crippen molar-refractivity contribution in [3.8, 4) is 12.1 Å². The standard InChI is InChI=1S/C22H25N7O2S/c1-21(2)16(22(21,3)4)19(31)29-7-5-12(6-8-29)18-25-15(11-32-18)17(30)28-20-26-13(9-23)14(10-24)27-20/h11-12,16H,5-8H2,1-4H3,(H2,26,27,28,30). The predicted molar refractivity (Wildman–Crippen MR) is 118 cm³/mol. The van der Waals surface area contributed by atoms with Crippen LogP contribution in [0.2, 0.25) is 0 Å². The van der Waals surface area contributed by atoms with Crippen LogP contribution in [-0.2, 0) is 4.79 Å². The Balaban J connectivity index is 1.35. The molecule has 1 saturated carbocycles. The number of carbonyl (C=O) groups is 2. The van der Waals surface area contributed by atoms with Gasteiger partial charge in [0, 0.05) is 30.3 Å². The van der Waals surface area contributed by atoms with Gasteiger partial charge in [0.1, 0.15) is 17.8 Å². The average molecular weight is 452 g/mol. The fourth-order valence-corrected chi connectivity index (χ4v) is 5.66. The molecule has 0 spiro atoms. The zero-order valence-corrected chi connectivity index (χ0v) is 19.3. The third kappa shape index (κ3) is 3.55. The minimum atomic E-state index is -0.457. The Morgan fingerprint density at radius 2 is 1.81 bits per heavy atom. The summed E-state index contributed by atoms with van der Waals surface area (Å²) in [6.07, 6.45) is 1.65. The second-order valence-electron chi connectivity index (χ2n) is 9.53. The molecule has 0 aromatic carbocycles. The summed E-state index contributed by atoms with van der Waals surface area (Å²) in [5.74, 6) is 0.122. The van der Waals surface area contributed by atoms with Crippen LogP contribution >= 0.6 is 11.3 Å². The second kappa shape index (κ2) is 7.72. The number of imidazole rings is 1. The van der Waals surface area contributed by atoms with Crippen molar-refractivity contribution >= 4 is 29.1 Å². The first-order chi connectivity index (χ1) is 15.1. The Labute approximate surface area is 190 Å². The minimum Gasteiger partial charge on any atom is -0.342 e. The molecule has 1 aliphatic heterocycles. The van der Waals surface area contributed by atoms with Gasteiger partial charge in [-0.25, -0.2) is 9.97 Å². The Bertz CT molecular complexity index is 1110. The van der Waals surface area contributed by atoms with Crippen molar-refractivity contribution in [2.45, 2.75) is 46.5 Å². The van der Waals surface area contributed by atoms with Gasteiger partial charge in [-0.2, -0.15) is 10.5 Å². The summed E-state index contributed by atoms with van der Waals surface area (Å²) < 4.78 is 0. The average Bonchev–Trinajstić information content (AvgIpc) is 3.23. The predicted octanol–water partition coefficient (Wildman–Crippen LogP) is 3.25. The number of aromatic amines is 1. The summed E-state index contributed by atoms with van der Waals surface area (Å²) in [5, 5.41) is 23.1. The molecule has 1 aliphatic carbocycles. The van der Waals surface area contributed by atoms with Gasteiger partial charge in [0.25, 0.3) is 5.91 Å². The van der Waals surface area contributed by atoms with Crippen molar-refractivity contribution in [3.05, 3.63) is 27.5 Å². The molecule has 2 N–H and O–H groups in total. The van der Waals surface area contributed by atoms with Crippen LogP contribution in [0.15, 0.2) is 5.38 Å². The first-order valence-electron chi connectivity index (χ1n) is 10.6. The van der Waals surface area contributed by atoms with E-state index in [-0.39, 0.29) is 51.6 Å². The Morgan fingerprint density at radius 3 is 2.34 bits per heavy atom. The highest BCUT2D eigenvalue weighted by Gasteiger charge is 2.68. The van der Waals surface area contributed by atoms with Crippen LogP contribution in [0.5, 0.6) is 0 Å². The number of rotatable bonds is 4. The number of nitrogens with one attached hydrogen (secondary N) is 2. The van der Waals surface area contributed by atoms with Gasteiger partial charge in [0.05, 0.1) is 5.01 Å². The van der Waals surface area contributed by atoms with Crippen molar-refractivity contribution in [3.63, 3.8) is 0 Å². The molecule has 10 heteroatoms. The van der Waals surface area contributed by atoms with E-state index in [1.54, 1.807) is 11.4 Å². The van der Waals surface area contributed by atoms with E-state index in [0.29, 0.717) is 13.1 Å². The molecular formula is C22H25N7O2S. The SMILES string of the molecule is CC1(C)C(C(=O)N2CCC(c3nc(C(=O)Nc4nc(C#N)c(C#N)[nH]4)cs3)CC2)C1(C)C.